The van der Waals surface area contributed by atoms with Gasteiger partial charge in [-0.2, -0.15) is 0 Å². The van der Waals surface area contributed by atoms with E-state index < -0.39 is 6.10 Å². The highest BCUT2D eigenvalue weighted by atomic mass is 16.3. The molecule has 0 aromatic rings. The summed E-state index contributed by atoms with van der Waals surface area (Å²) in [4.78, 5) is 25.0. The van der Waals surface area contributed by atoms with Crippen LogP contribution in [0.3, 0.4) is 0 Å². The predicted octanol–water partition coefficient (Wildman–Crippen LogP) is 0.398. The van der Waals surface area contributed by atoms with Gasteiger partial charge in [0.25, 0.3) is 0 Å². The minimum atomic E-state index is -0.630. The molecule has 4 heteroatoms. The fourth-order valence-corrected chi connectivity index (χ4v) is 2.79. The highest BCUT2D eigenvalue weighted by Crippen LogP contribution is 2.42. The van der Waals surface area contributed by atoms with Gasteiger partial charge < -0.3 is 5.11 Å². The molecule has 2 amide bonds. The van der Waals surface area contributed by atoms with E-state index in [1.807, 2.05) is 0 Å². The van der Waals surface area contributed by atoms with Gasteiger partial charge in [0.1, 0.15) is 0 Å². The molecule has 0 spiro atoms. The maximum atomic E-state index is 11.9. The van der Waals surface area contributed by atoms with Crippen LogP contribution in [0.5, 0.6) is 0 Å². The molecule has 2 fully saturated rings. The number of amides is 2. The Hall–Kier alpha value is -0.900. The number of rotatable bonds is 2. The van der Waals surface area contributed by atoms with Crippen molar-refractivity contribution in [2.75, 3.05) is 6.54 Å². The van der Waals surface area contributed by atoms with Crippen molar-refractivity contribution in [1.82, 2.24) is 4.90 Å². The number of aliphatic hydroxyl groups excluding tert-OH is 1. The van der Waals surface area contributed by atoms with Crippen LogP contribution < -0.4 is 0 Å². The summed E-state index contributed by atoms with van der Waals surface area (Å²) < 4.78 is 0. The molecule has 4 nitrogen and oxygen atoms in total. The Morgan fingerprint density at radius 3 is 2.20 bits per heavy atom. The van der Waals surface area contributed by atoms with Crippen molar-refractivity contribution < 1.29 is 14.7 Å². The third-order valence-corrected chi connectivity index (χ3v) is 3.41. The molecule has 3 unspecified atom stereocenters. The number of carbonyl (C=O) groups excluding carboxylic acids is 2. The second-order valence-electron chi connectivity index (χ2n) is 4.93. The number of hydrogen-bond acceptors (Lipinski definition) is 3. The van der Waals surface area contributed by atoms with Gasteiger partial charge in [0.15, 0.2) is 0 Å². The first-order valence-corrected chi connectivity index (χ1v) is 5.54. The van der Waals surface area contributed by atoms with Gasteiger partial charge in [-0.05, 0) is 25.7 Å². The molecule has 2 rings (SSSR count). The quantitative estimate of drug-likeness (QED) is 0.672. The Balaban J connectivity index is 2.13. The van der Waals surface area contributed by atoms with Crippen LogP contribution in [0.15, 0.2) is 0 Å². The van der Waals surface area contributed by atoms with Crippen molar-refractivity contribution in [3.63, 3.8) is 0 Å². The Labute approximate surface area is 89.3 Å². The summed E-state index contributed by atoms with van der Waals surface area (Å²) in [5, 5.41) is 9.22. The van der Waals surface area contributed by atoms with E-state index in [2.05, 4.69) is 6.92 Å². The third kappa shape index (κ3) is 1.67. The smallest absolute Gasteiger partial charge is 0.233 e. The molecular formula is C11H17NO3. The van der Waals surface area contributed by atoms with E-state index in [-0.39, 0.29) is 30.2 Å². The highest BCUT2D eigenvalue weighted by molar-refractivity contribution is 6.05. The lowest BCUT2D eigenvalue weighted by molar-refractivity contribution is -0.142. The van der Waals surface area contributed by atoms with Crippen LogP contribution in [-0.4, -0.2) is 34.5 Å². The Kier molecular flexibility index (Phi) is 2.54. The first kappa shape index (κ1) is 10.6. The highest BCUT2D eigenvalue weighted by Gasteiger charge is 2.51. The SMILES string of the molecule is CC(O)CN1C(=O)C2CC(C)CC2C1=O. The van der Waals surface area contributed by atoms with Crippen LogP contribution in [-0.2, 0) is 9.59 Å². The summed E-state index contributed by atoms with van der Waals surface area (Å²) >= 11 is 0. The van der Waals surface area contributed by atoms with Gasteiger partial charge in [0, 0.05) is 0 Å². The van der Waals surface area contributed by atoms with Gasteiger partial charge in [-0.15, -0.1) is 0 Å². The second kappa shape index (κ2) is 3.59. The Morgan fingerprint density at radius 1 is 1.33 bits per heavy atom. The molecule has 1 N–H and O–H groups in total. The molecule has 1 saturated carbocycles. The number of fused-ring (bicyclic) bond motifs is 1. The van der Waals surface area contributed by atoms with Crippen LogP contribution in [0.4, 0.5) is 0 Å². The van der Waals surface area contributed by atoms with E-state index in [0.29, 0.717) is 5.92 Å². The van der Waals surface area contributed by atoms with E-state index in [1.54, 1.807) is 6.92 Å². The van der Waals surface area contributed by atoms with E-state index in [0.717, 1.165) is 12.8 Å². The molecule has 0 aromatic heterocycles. The van der Waals surface area contributed by atoms with Crippen LogP contribution in [0.25, 0.3) is 0 Å². The van der Waals surface area contributed by atoms with Crippen LogP contribution in [0.2, 0.25) is 0 Å². The number of aliphatic hydroxyl groups is 1. The van der Waals surface area contributed by atoms with Gasteiger partial charge in [-0.25, -0.2) is 0 Å². The van der Waals surface area contributed by atoms with Crippen LogP contribution in [0, 0.1) is 17.8 Å². The minimum Gasteiger partial charge on any atom is -0.392 e. The number of hydrogen-bond donors (Lipinski definition) is 1. The van der Waals surface area contributed by atoms with E-state index in [1.165, 1.54) is 4.90 Å². The largest absolute Gasteiger partial charge is 0.392 e. The summed E-state index contributed by atoms with van der Waals surface area (Å²) in [6.07, 6.45) is 1.02. The maximum Gasteiger partial charge on any atom is 0.233 e. The van der Waals surface area contributed by atoms with Gasteiger partial charge in [-0.1, -0.05) is 6.92 Å². The van der Waals surface area contributed by atoms with Crippen LogP contribution >= 0.6 is 0 Å². The minimum absolute atomic E-state index is 0.0738. The normalized spacial score (nSPS) is 37.3. The first-order chi connectivity index (χ1) is 7.00. The number of nitrogens with zero attached hydrogens (tertiary/aromatic N) is 1. The molecule has 1 heterocycles. The standard InChI is InChI=1S/C11H17NO3/c1-6-3-8-9(4-6)11(15)12(10(8)14)5-7(2)13/h6-9,13H,3-5H2,1-2H3. The van der Waals surface area contributed by atoms with E-state index >= 15 is 0 Å². The Morgan fingerprint density at radius 2 is 1.80 bits per heavy atom. The summed E-state index contributed by atoms with van der Waals surface area (Å²) in [6.45, 7) is 3.83. The molecule has 0 aromatic carbocycles. The van der Waals surface area contributed by atoms with Crippen LogP contribution in [0.1, 0.15) is 26.7 Å². The number of likely N-dealkylation sites (tertiary alicyclic amines) is 1. The predicted molar refractivity (Wildman–Crippen MR) is 53.8 cm³/mol. The van der Waals surface area contributed by atoms with Gasteiger partial charge in [0.05, 0.1) is 24.5 Å². The molecule has 0 bridgehead atoms. The monoisotopic (exact) mass is 211 g/mol. The summed E-state index contributed by atoms with van der Waals surface area (Å²) in [5.41, 5.74) is 0. The fraction of sp³-hybridized carbons (Fsp3) is 0.818. The topological polar surface area (TPSA) is 57.6 Å². The maximum absolute atomic E-state index is 11.9. The summed E-state index contributed by atoms with van der Waals surface area (Å²) in [5.74, 6) is 0.115. The van der Waals surface area contributed by atoms with Gasteiger partial charge in [-0.3, -0.25) is 14.5 Å². The zero-order chi connectivity index (χ0) is 11.2. The van der Waals surface area contributed by atoms with Crippen molar-refractivity contribution in [1.29, 1.82) is 0 Å². The van der Waals surface area contributed by atoms with Gasteiger partial charge >= 0.3 is 0 Å². The van der Waals surface area contributed by atoms with E-state index in [9.17, 15) is 14.7 Å². The van der Waals surface area contributed by atoms with Gasteiger partial charge in [0.2, 0.25) is 11.8 Å². The first-order valence-electron chi connectivity index (χ1n) is 5.54. The molecule has 84 valence electrons. The number of β-amino-alcohol motifs (C(OH)–C–C–N with tert-alkyl or cyclic N) is 1. The molecular weight excluding hydrogens is 194 g/mol. The zero-order valence-corrected chi connectivity index (χ0v) is 9.14. The lowest BCUT2D eigenvalue weighted by atomic mass is 10.00. The Bertz CT molecular complexity index is 276. The summed E-state index contributed by atoms with van der Waals surface area (Å²) in [6, 6.07) is 0. The average molecular weight is 211 g/mol. The lowest BCUT2D eigenvalue weighted by Gasteiger charge is -2.18. The molecule has 1 aliphatic carbocycles. The summed E-state index contributed by atoms with van der Waals surface area (Å²) in [7, 11) is 0. The molecule has 2 aliphatic rings. The fourth-order valence-electron chi connectivity index (χ4n) is 2.79. The zero-order valence-electron chi connectivity index (χ0n) is 9.14. The molecule has 15 heavy (non-hydrogen) atoms. The van der Waals surface area contributed by atoms with E-state index in [4.69, 9.17) is 0 Å². The lowest BCUT2D eigenvalue weighted by Crippen LogP contribution is -2.37. The van der Waals surface area contributed by atoms with Crippen molar-refractivity contribution in [3.05, 3.63) is 0 Å². The molecule has 1 saturated heterocycles. The molecule has 3 atom stereocenters. The molecule has 1 aliphatic heterocycles. The molecule has 0 radical (unpaired) electrons. The second-order valence-corrected chi connectivity index (χ2v) is 4.93. The van der Waals surface area contributed by atoms with Crippen molar-refractivity contribution in [3.8, 4) is 0 Å². The average Bonchev–Trinajstić information content (AvgIpc) is 2.61. The number of carbonyl (C=O) groups is 2. The van der Waals surface area contributed by atoms with Crippen molar-refractivity contribution in [2.45, 2.75) is 32.8 Å². The number of imide groups is 1. The third-order valence-electron chi connectivity index (χ3n) is 3.41. The van der Waals surface area contributed by atoms with Crippen molar-refractivity contribution >= 4 is 11.8 Å². The van der Waals surface area contributed by atoms with Crippen molar-refractivity contribution in [2.24, 2.45) is 17.8 Å².